The van der Waals surface area contributed by atoms with Crippen LogP contribution in [0.5, 0.6) is 11.5 Å². The number of fused-ring (bicyclic) bond motifs is 1. The minimum atomic E-state index is -1.74. The zero-order chi connectivity index (χ0) is 23.3. The molecule has 3 rings (SSSR count). The number of ketones is 1. The molecule has 1 aromatic carbocycles. The number of esters is 2. The maximum Gasteiger partial charge on any atom is 0.317 e. The van der Waals surface area contributed by atoms with Gasteiger partial charge in [-0.05, 0) is 24.6 Å². The van der Waals surface area contributed by atoms with Crippen LogP contribution >= 0.6 is 0 Å². The molecule has 1 fully saturated rings. The van der Waals surface area contributed by atoms with E-state index in [4.69, 9.17) is 28.4 Å². The van der Waals surface area contributed by atoms with Crippen LogP contribution in [0.25, 0.3) is 0 Å². The molecule has 1 aromatic rings. The van der Waals surface area contributed by atoms with Crippen LogP contribution in [-0.2, 0) is 33.3 Å². The Morgan fingerprint density at radius 1 is 1.03 bits per heavy atom. The molecular formula is C22H28O10. The summed E-state index contributed by atoms with van der Waals surface area (Å²) in [4.78, 5) is 39.0. The van der Waals surface area contributed by atoms with E-state index in [0.717, 1.165) is 0 Å². The van der Waals surface area contributed by atoms with Crippen molar-refractivity contribution < 1.29 is 47.9 Å². The summed E-state index contributed by atoms with van der Waals surface area (Å²) in [5.41, 5.74) is -1.30. The molecule has 32 heavy (non-hydrogen) atoms. The summed E-state index contributed by atoms with van der Waals surface area (Å²) in [6.07, 6.45) is -0.401. The molecule has 0 aromatic heterocycles. The number of Topliss-reactive ketones (excluding diaryl/α,β-unsaturated/α-hetero) is 1. The predicted molar refractivity (Wildman–Crippen MR) is 108 cm³/mol. The van der Waals surface area contributed by atoms with Crippen molar-refractivity contribution in [3.05, 3.63) is 23.8 Å². The van der Waals surface area contributed by atoms with E-state index in [-0.39, 0.29) is 33.2 Å². The molecule has 0 radical (unpaired) electrons. The molecule has 1 aliphatic carbocycles. The predicted octanol–water partition coefficient (Wildman–Crippen LogP) is 0.834. The van der Waals surface area contributed by atoms with Crippen LogP contribution < -0.4 is 9.47 Å². The van der Waals surface area contributed by atoms with Crippen molar-refractivity contribution in [2.45, 2.75) is 24.9 Å². The highest BCUT2D eigenvalue weighted by Gasteiger charge is 2.57. The van der Waals surface area contributed by atoms with Crippen molar-refractivity contribution in [1.29, 1.82) is 0 Å². The Bertz CT molecular complexity index is 849. The first-order chi connectivity index (χ1) is 15.3. The lowest BCUT2D eigenvalue weighted by atomic mass is 9.61. The molecule has 0 saturated heterocycles. The second-order valence-corrected chi connectivity index (χ2v) is 7.91. The number of ether oxygens (including phenoxy) is 6. The molecule has 176 valence electrons. The van der Waals surface area contributed by atoms with Crippen LogP contribution in [0, 0.1) is 11.8 Å². The van der Waals surface area contributed by atoms with Gasteiger partial charge < -0.3 is 33.5 Å². The van der Waals surface area contributed by atoms with Crippen molar-refractivity contribution in [1.82, 2.24) is 0 Å². The van der Waals surface area contributed by atoms with E-state index in [1.165, 1.54) is 21.1 Å². The van der Waals surface area contributed by atoms with Gasteiger partial charge in [-0.2, -0.15) is 0 Å². The number of hydrogen-bond acceptors (Lipinski definition) is 10. The Kier molecular flexibility index (Phi) is 7.70. The van der Waals surface area contributed by atoms with E-state index in [9.17, 15) is 19.5 Å². The van der Waals surface area contributed by atoms with Gasteiger partial charge in [0.15, 0.2) is 17.3 Å². The van der Waals surface area contributed by atoms with Crippen molar-refractivity contribution in [3.63, 3.8) is 0 Å². The summed E-state index contributed by atoms with van der Waals surface area (Å²) in [5, 5.41) is 11.1. The van der Waals surface area contributed by atoms with Gasteiger partial charge in [-0.15, -0.1) is 0 Å². The SMILES string of the molecule is COCCOC(=O)[C@@H]1C(=O)C[C@](C)(O)[C@H](C(=O)OCCOC)[C@@H]1c1ccc2c(c1)OCO2. The van der Waals surface area contributed by atoms with Crippen LogP contribution in [0.15, 0.2) is 18.2 Å². The van der Waals surface area contributed by atoms with Crippen LogP contribution in [0.2, 0.25) is 0 Å². The first-order valence-corrected chi connectivity index (χ1v) is 10.3. The van der Waals surface area contributed by atoms with Crippen molar-refractivity contribution >= 4 is 17.7 Å². The molecule has 0 bridgehead atoms. The lowest BCUT2D eigenvalue weighted by molar-refractivity contribution is -0.174. The van der Waals surface area contributed by atoms with Crippen LogP contribution in [0.3, 0.4) is 0 Å². The van der Waals surface area contributed by atoms with Gasteiger partial charge in [0.05, 0.1) is 24.7 Å². The van der Waals surface area contributed by atoms with Gasteiger partial charge in [-0.25, -0.2) is 0 Å². The first-order valence-electron chi connectivity index (χ1n) is 10.3. The second kappa shape index (κ2) is 10.3. The Morgan fingerprint density at radius 3 is 2.31 bits per heavy atom. The number of hydrogen-bond donors (Lipinski definition) is 1. The third kappa shape index (κ3) is 5.03. The van der Waals surface area contributed by atoms with E-state index < -0.39 is 47.5 Å². The van der Waals surface area contributed by atoms with Gasteiger partial charge in [0.1, 0.15) is 19.1 Å². The summed E-state index contributed by atoms with van der Waals surface area (Å²) < 4.78 is 31.1. The molecule has 10 nitrogen and oxygen atoms in total. The van der Waals surface area contributed by atoms with Crippen molar-refractivity contribution in [2.24, 2.45) is 11.8 Å². The minimum Gasteiger partial charge on any atom is -0.463 e. The van der Waals surface area contributed by atoms with Gasteiger partial charge in [-0.3, -0.25) is 14.4 Å². The van der Waals surface area contributed by atoms with Crippen molar-refractivity contribution in [2.75, 3.05) is 47.4 Å². The quantitative estimate of drug-likeness (QED) is 0.327. The Balaban J connectivity index is 2.01. The molecule has 2 aliphatic rings. The molecule has 0 amide bonds. The third-order valence-corrected chi connectivity index (χ3v) is 5.62. The van der Waals surface area contributed by atoms with Crippen LogP contribution in [-0.4, -0.2) is 75.9 Å². The number of rotatable bonds is 9. The van der Waals surface area contributed by atoms with Gasteiger partial charge in [0.2, 0.25) is 6.79 Å². The molecule has 4 atom stereocenters. The fourth-order valence-electron chi connectivity index (χ4n) is 4.17. The van der Waals surface area contributed by atoms with E-state index in [1.54, 1.807) is 18.2 Å². The average molecular weight is 452 g/mol. The summed E-state index contributed by atoms with van der Waals surface area (Å²) in [5.74, 6) is -4.70. The lowest BCUT2D eigenvalue weighted by Gasteiger charge is -2.43. The maximum atomic E-state index is 13.1. The first kappa shape index (κ1) is 24.0. The summed E-state index contributed by atoms with van der Waals surface area (Å²) in [6, 6.07) is 4.87. The highest BCUT2D eigenvalue weighted by molar-refractivity contribution is 6.02. The zero-order valence-corrected chi connectivity index (χ0v) is 18.3. The number of carbonyl (C=O) groups is 3. The Hall–Kier alpha value is -2.69. The monoisotopic (exact) mass is 452 g/mol. The number of methoxy groups -OCH3 is 2. The average Bonchev–Trinajstić information content (AvgIpc) is 3.20. The third-order valence-electron chi connectivity index (χ3n) is 5.62. The molecule has 1 N–H and O–H groups in total. The zero-order valence-electron chi connectivity index (χ0n) is 18.3. The fraction of sp³-hybridized carbons (Fsp3) is 0.591. The molecule has 1 saturated carbocycles. The van der Waals surface area contributed by atoms with Gasteiger partial charge in [-0.1, -0.05) is 6.07 Å². The summed E-state index contributed by atoms with van der Waals surface area (Å²) in [7, 11) is 2.92. The minimum absolute atomic E-state index is 0.0328. The molecule has 0 spiro atoms. The van der Waals surface area contributed by atoms with Gasteiger partial charge >= 0.3 is 11.9 Å². The van der Waals surface area contributed by atoms with E-state index in [2.05, 4.69) is 0 Å². The molecule has 1 heterocycles. The standard InChI is InChI=1S/C22H28O10/c1-22(26)11-14(23)18(20(24)29-8-6-27-2)17(19(22)21(25)30-9-7-28-3)13-4-5-15-16(10-13)32-12-31-15/h4-5,10,17-19,26H,6-9,11-12H2,1-3H3/t17-,18-,19+,22+/m1/s1. The maximum absolute atomic E-state index is 13.1. The summed E-state index contributed by atoms with van der Waals surface area (Å²) >= 11 is 0. The van der Waals surface area contributed by atoms with E-state index in [1.807, 2.05) is 0 Å². The Morgan fingerprint density at radius 2 is 1.66 bits per heavy atom. The molecule has 1 aliphatic heterocycles. The highest BCUT2D eigenvalue weighted by Crippen LogP contribution is 2.48. The second-order valence-electron chi connectivity index (χ2n) is 7.91. The number of benzene rings is 1. The van der Waals surface area contributed by atoms with Crippen LogP contribution in [0.1, 0.15) is 24.8 Å². The normalized spacial score (nSPS) is 26.6. The largest absolute Gasteiger partial charge is 0.463 e. The smallest absolute Gasteiger partial charge is 0.317 e. The van der Waals surface area contributed by atoms with E-state index in [0.29, 0.717) is 17.1 Å². The highest BCUT2D eigenvalue weighted by atomic mass is 16.7. The molecule has 10 heteroatoms. The lowest BCUT2D eigenvalue weighted by Crippen LogP contribution is -2.55. The summed E-state index contributed by atoms with van der Waals surface area (Å²) in [6.45, 7) is 1.65. The Labute approximate surface area is 185 Å². The fourth-order valence-corrected chi connectivity index (χ4v) is 4.17. The van der Waals surface area contributed by atoms with Gasteiger partial charge in [0, 0.05) is 26.6 Å². The molecule has 0 unspecified atom stereocenters. The van der Waals surface area contributed by atoms with Crippen molar-refractivity contribution in [3.8, 4) is 11.5 Å². The van der Waals surface area contributed by atoms with Gasteiger partial charge in [0.25, 0.3) is 0 Å². The topological polar surface area (TPSA) is 127 Å². The number of carbonyl (C=O) groups excluding carboxylic acids is 3. The van der Waals surface area contributed by atoms with Crippen LogP contribution in [0.4, 0.5) is 0 Å². The molecular weight excluding hydrogens is 424 g/mol. The number of aliphatic hydroxyl groups is 1. The van der Waals surface area contributed by atoms with E-state index >= 15 is 0 Å².